The topological polar surface area (TPSA) is 416 Å². The van der Waals surface area contributed by atoms with Crippen LogP contribution in [0.25, 0.3) is 5.59 Å². The van der Waals surface area contributed by atoms with Crippen LogP contribution >= 0.6 is 10.7 Å². The number of carboxylic acid groups (broad SMARTS) is 1. The molecule has 3 spiro atoms. The van der Waals surface area contributed by atoms with Crippen LogP contribution in [0, 0.1) is 56.3 Å². The number of rotatable bonds is 20. The number of sulfonamides is 2. The minimum absolute atomic E-state index is 0. The molecule has 3 aliphatic carbocycles. The maximum atomic E-state index is 13.1. The van der Waals surface area contributed by atoms with Crippen LogP contribution in [0.3, 0.4) is 0 Å². The Bertz CT molecular complexity index is 4120. The molecular weight excluding hydrogens is 1520 g/mol. The van der Waals surface area contributed by atoms with Crippen LogP contribution in [0.15, 0.2) is 69.6 Å². The fourth-order valence-electron chi connectivity index (χ4n) is 16.4. The first kappa shape index (κ1) is 94.2. The molecule has 0 bridgehead atoms. The summed E-state index contributed by atoms with van der Waals surface area (Å²) >= 11 is 0. The molecular formula is C78H117ClN11NaO17S3. The zero-order valence-corrected chi connectivity index (χ0v) is 71.6. The van der Waals surface area contributed by atoms with Gasteiger partial charge in [0.2, 0.25) is 29.1 Å². The van der Waals surface area contributed by atoms with Gasteiger partial charge in [-0.3, -0.25) is 29.4 Å². The number of hydrogen-bond acceptors (Lipinski definition) is 21. The number of amidine groups is 3. The van der Waals surface area contributed by atoms with Crippen molar-refractivity contribution in [2.24, 2.45) is 56.3 Å². The van der Waals surface area contributed by atoms with Crippen LogP contribution < -0.4 is 56.7 Å². The summed E-state index contributed by atoms with van der Waals surface area (Å²) in [5, 5.41) is 35.6. The van der Waals surface area contributed by atoms with Crippen LogP contribution in [0.5, 0.6) is 0 Å². The first-order chi connectivity index (χ1) is 52.3. The van der Waals surface area contributed by atoms with Crippen molar-refractivity contribution >= 4 is 92.9 Å². The fourth-order valence-corrected chi connectivity index (χ4v) is 20.0. The monoisotopic (exact) mass is 1630 g/mol. The van der Waals surface area contributed by atoms with Crippen molar-refractivity contribution in [3.63, 3.8) is 0 Å². The third-order valence-electron chi connectivity index (χ3n) is 23.7. The minimum Gasteiger partial charge on any atom is -0.488 e. The van der Waals surface area contributed by atoms with Crippen LogP contribution in [0.1, 0.15) is 220 Å². The second-order valence-corrected chi connectivity index (χ2v) is 37.4. The predicted molar refractivity (Wildman–Crippen MR) is 425 cm³/mol. The summed E-state index contributed by atoms with van der Waals surface area (Å²) in [5.74, 6) is 8.25. The number of methoxy groups -OCH3 is 2. The van der Waals surface area contributed by atoms with E-state index in [-0.39, 0.29) is 83.2 Å². The Morgan fingerprint density at radius 3 is 1.06 bits per heavy atom. The number of carbonyl (C=O) groups is 6. The van der Waals surface area contributed by atoms with E-state index in [1.807, 2.05) is 19.4 Å². The molecule has 6 heterocycles. The van der Waals surface area contributed by atoms with Gasteiger partial charge in [-0.25, -0.2) is 48.2 Å². The van der Waals surface area contributed by atoms with Crippen molar-refractivity contribution in [1.29, 1.82) is 0 Å². The summed E-state index contributed by atoms with van der Waals surface area (Å²) in [5.41, 5.74) is 6.05. The van der Waals surface area contributed by atoms with Crippen molar-refractivity contribution in [2.75, 3.05) is 77.9 Å². The van der Waals surface area contributed by atoms with E-state index < -0.39 is 63.6 Å². The summed E-state index contributed by atoms with van der Waals surface area (Å²) in [6.07, 6.45) is 22.0. The average Bonchev–Trinajstić information content (AvgIpc) is 1.63. The van der Waals surface area contributed by atoms with Gasteiger partial charge in [-0.2, -0.15) is 0 Å². The number of benzene rings is 3. The molecule has 111 heavy (non-hydrogen) atoms. The van der Waals surface area contributed by atoms with Gasteiger partial charge in [0, 0.05) is 61.7 Å². The second kappa shape index (κ2) is 43.3. The van der Waals surface area contributed by atoms with E-state index >= 15 is 0 Å². The molecule has 28 nitrogen and oxygen atoms in total. The van der Waals surface area contributed by atoms with Crippen molar-refractivity contribution < 1.29 is 108 Å². The number of amides is 3. The number of nitrogens with one attached hydrogen (secondary N) is 4. The maximum Gasteiger partial charge on any atom is 1.00 e. The smallest absolute Gasteiger partial charge is 0.488 e. The largest absolute Gasteiger partial charge is 1.00 e. The number of nitrogens with zero attached hydrogens (tertiary/aromatic N) is 6. The number of carbonyl (C=O) groups excluding carboxylic acids is 5. The molecule has 0 unspecified atom stereocenters. The van der Waals surface area contributed by atoms with E-state index in [1.54, 1.807) is 55.5 Å². The van der Waals surface area contributed by atoms with Crippen molar-refractivity contribution in [3.05, 3.63) is 110 Å². The number of aryl methyl sites for hydroxylation is 6. The molecule has 612 valence electrons. The molecule has 3 saturated carbocycles. The Kier molecular flexibility index (Phi) is 36.8. The van der Waals surface area contributed by atoms with Gasteiger partial charge in [-0.15, -0.1) is 0 Å². The molecule has 9 N–H and O–H groups in total. The van der Waals surface area contributed by atoms with Gasteiger partial charge in [0.25, 0.3) is 17.7 Å². The standard InChI is InChI=1S/C26H37N3O5S.C25H35N3O5S.C15H25N3O.C11H13ClO4S.CH4O.H3N2O.Na/c1-4-19-5-7-21(8-6-19)23-27-25(31)26(28-23)12-14-29(15-13-26)35(32,33)16-11-20-9-10-22(17-18(20)2)24(30)34-3;1-3-18-4-6-20(7-5-18)22-26-24(31)25(27-22)11-13-28(14-12-25)34(32,33)15-10-19-8-9-21(23(29)30)16-17(19)2;1-2-11-3-5-12(6-4-11)13-17-14(19)15(18-13)7-9-16-10-8-15;1-8-7-10(11(13)16-2)4-3-9(8)5-6-17(12,14)15;1-2;1-2-3;/h9-10,17,19,21H,4-8,11-16H2,1-3H3,(H,27,28,31);8-9,16,18,20H,3-7,10-15H2,1-2H3,(H,29,30)(H,26,27,31);11-12,16H,2-10H2,1H3,(H,17,18,19);3-4,7H,5-6H2,1-2H3;2H,1H3;3H,1H2;/q;;;;;-1;+1. The van der Waals surface area contributed by atoms with Gasteiger partial charge in [-0.1, -0.05) is 58.2 Å². The molecule has 0 atom stereocenters. The van der Waals surface area contributed by atoms with Gasteiger partial charge in [0.05, 0.1) is 48.2 Å². The SMILES string of the molecule is CCC1CCC(C2=NC3(CCN(S(=O)(=O)CCc4ccc(C(=O)O)cc4C)CC3)C(=O)N2)CC1.CCC1CCC(C2=NC3(CCN(S(=O)(=O)CCc4ccc(C(=O)OC)cc4C)CC3)C(=O)N2)CC1.CCC1CCC(C2=NC3(CCNCC3)C(=O)N2)CC1.CO.COC(=O)c1ccc(CCS(=O)(=O)Cl)c(C)c1.N[N-]O.[Na+]. The molecule has 6 aliphatic heterocycles. The molecule has 3 aromatic carbocycles. The summed E-state index contributed by atoms with van der Waals surface area (Å²) in [4.78, 5) is 86.7. The zero-order valence-electron chi connectivity index (χ0n) is 66.4. The van der Waals surface area contributed by atoms with E-state index in [0.29, 0.717) is 86.9 Å². The Labute approximate surface area is 683 Å². The van der Waals surface area contributed by atoms with Gasteiger partial charge in [0.1, 0.15) is 34.1 Å². The number of ether oxygens (including phenoxy) is 2. The molecule has 6 fully saturated rings. The third kappa shape index (κ3) is 25.7. The Morgan fingerprint density at radius 1 is 0.514 bits per heavy atom. The summed E-state index contributed by atoms with van der Waals surface area (Å²) < 4.78 is 86.1. The van der Waals surface area contributed by atoms with Crippen molar-refractivity contribution in [2.45, 2.75) is 212 Å². The van der Waals surface area contributed by atoms with Gasteiger partial charge in [-0.05, 0) is 256 Å². The van der Waals surface area contributed by atoms with Gasteiger partial charge < -0.3 is 57.6 Å². The molecule has 0 radical (unpaired) electrons. The first-order valence-electron chi connectivity index (χ1n) is 38.8. The quantitative estimate of drug-likeness (QED) is 0.0200. The predicted octanol–water partition coefficient (Wildman–Crippen LogP) is 6.36. The van der Waals surface area contributed by atoms with E-state index in [9.17, 15) is 54.0 Å². The second-order valence-electron chi connectivity index (χ2n) is 30.3. The fraction of sp³-hybridized carbons (Fsp3) is 0.654. The molecule has 0 aromatic heterocycles. The Balaban J connectivity index is 0.000000235. The Hall–Kier alpha value is -5.65. The van der Waals surface area contributed by atoms with E-state index in [1.165, 1.54) is 99.5 Å². The van der Waals surface area contributed by atoms with Gasteiger partial charge >= 0.3 is 47.5 Å². The first-order valence-corrected chi connectivity index (χ1v) is 44.5. The average molecular weight is 1640 g/mol. The van der Waals surface area contributed by atoms with Crippen LogP contribution in [0.2, 0.25) is 0 Å². The number of nitrogens with two attached hydrogens (primary N) is 1. The van der Waals surface area contributed by atoms with Crippen molar-refractivity contribution in [1.82, 2.24) is 29.9 Å². The Morgan fingerprint density at radius 2 is 0.793 bits per heavy atom. The van der Waals surface area contributed by atoms with Gasteiger partial charge in [0.15, 0.2) is 0 Å². The number of aliphatic hydroxyl groups is 1. The number of esters is 2. The normalized spacial score (nSPS) is 23.3. The summed E-state index contributed by atoms with van der Waals surface area (Å²) in [6, 6.07) is 14.9. The zero-order chi connectivity index (χ0) is 80.8. The number of hydrogen-bond donors (Lipinski definition) is 8. The molecule has 33 heteroatoms. The summed E-state index contributed by atoms with van der Waals surface area (Å²) in [6.45, 7) is 15.2. The number of aromatic carboxylic acids is 1. The van der Waals surface area contributed by atoms with Crippen LogP contribution in [0.4, 0.5) is 0 Å². The molecule has 3 saturated heterocycles. The molecule has 3 aromatic rings. The molecule has 12 rings (SSSR count). The van der Waals surface area contributed by atoms with E-state index in [2.05, 4.69) is 52.6 Å². The number of piperidine rings is 3. The van der Waals surface area contributed by atoms with Crippen molar-refractivity contribution in [3.8, 4) is 0 Å². The molecule has 9 aliphatic rings. The van der Waals surface area contributed by atoms with Crippen LogP contribution in [-0.4, -0.2) is 197 Å². The number of carboxylic acids is 1. The number of halogens is 1. The summed E-state index contributed by atoms with van der Waals surface area (Å²) in [7, 11) is -1.68. The number of aliphatic imine (C=N–C) groups is 3. The number of aliphatic hydroxyl groups excluding tert-OH is 1. The van der Waals surface area contributed by atoms with E-state index in [0.717, 1.165) is 127 Å². The maximum absolute atomic E-state index is 13.1. The third-order valence-corrected chi connectivity index (χ3v) is 28.6. The van der Waals surface area contributed by atoms with Crippen LogP contribution in [-0.2, 0) is 72.2 Å². The molecule has 3 amide bonds. The minimum atomic E-state index is -3.49. The van der Waals surface area contributed by atoms with E-state index in [4.69, 9.17) is 45.8 Å².